The molecule has 0 fully saturated rings. The molecule has 1 N–H and O–H groups in total. The van der Waals surface area contributed by atoms with Crippen LogP contribution in [0.1, 0.15) is 68.7 Å². The van der Waals surface area contributed by atoms with E-state index in [-0.39, 0.29) is 5.41 Å². The lowest BCUT2D eigenvalue weighted by Gasteiger charge is -2.26. The largest absolute Gasteiger partial charge is 0.478 e. The Labute approximate surface area is 260 Å². The van der Waals surface area contributed by atoms with Crippen LogP contribution in [0.3, 0.4) is 0 Å². The van der Waals surface area contributed by atoms with Gasteiger partial charge in [0.1, 0.15) is 23.0 Å². The average Bonchev–Trinajstić information content (AvgIpc) is 3.00. The van der Waals surface area contributed by atoms with E-state index in [1.165, 1.54) is 27.8 Å². The highest BCUT2D eigenvalue weighted by Gasteiger charge is 2.23. The lowest BCUT2D eigenvalue weighted by Crippen LogP contribution is -2.18. The first-order valence-electron chi connectivity index (χ1n) is 15.1. The summed E-state index contributed by atoms with van der Waals surface area (Å²) in [6, 6.07) is 34.3. The summed E-state index contributed by atoms with van der Waals surface area (Å²) in [6.07, 6.45) is 1.62. The number of ether oxygens (including phenoxy) is 2. The predicted molar refractivity (Wildman–Crippen MR) is 178 cm³/mol. The Bertz CT molecular complexity index is 1780. The summed E-state index contributed by atoms with van der Waals surface area (Å²) in [5.41, 5.74) is 9.55. The van der Waals surface area contributed by atoms with E-state index in [4.69, 9.17) is 9.47 Å². The Morgan fingerprint density at radius 1 is 0.545 bits per heavy atom. The van der Waals surface area contributed by atoms with Crippen molar-refractivity contribution in [2.45, 2.75) is 59.8 Å². The van der Waals surface area contributed by atoms with E-state index in [0.717, 1.165) is 52.5 Å². The SMILES string of the molecule is Cc1ccc(Oc2ccc(C(C)(C)c3ccc(Oc4ccc(CCc5cc(C(=O)O)ccc5C)c(C)c4)cc3)cc2)cc1C. The van der Waals surface area contributed by atoms with Gasteiger partial charge in [-0.25, -0.2) is 4.79 Å². The summed E-state index contributed by atoms with van der Waals surface area (Å²) >= 11 is 0. The molecule has 0 bridgehead atoms. The molecule has 0 radical (unpaired) electrons. The molecular weight excluding hydrogens is 544 g/mol. The van der Waals surface area contributed by atoms with Crippen LogP contribution >= 0.6 is 0 Å². The van der Waals surface area contributed by atoms with E-state index in [0.29, 0.717) is 5.56 Å². The molecule has 0 aromatic heterocycles. The Balaban J connectivity index is 1.22. The van der Waals surface area contributed by atoms with Crippen LogP contribution in [0.4, 0.5) is 0 Å². The van der Waals surface area contributed by atoms with Crippen molar-refractivity contribution in [3.8, 4) is 23.0 Å². The molecule has 0 heterocycles. The van der Waals surface area contributed by atoms with E-state index < -0.39 is 5.97 Å². The molecule has 0 saturated heterocycles. The van der Waals surface area contributed by atoms with Crippen LogP contribution in [0.25, 0.3) is 0 Å². The Morgan fingerprint density at radius 3 is 1.55 bits per heavy atom. The molecule has 224 valence electrons. The number of aromatic carboxylic acids is 1. The molecule has 0 atom stereocenters. The third-order valence-electron chi connectivity index (χ3n) is 8.68. The maximum Gasteiger partial charge on any atom is 0.335 e. The maximum absolute atomic E-state index is 11.4. The number of rotatable bonds is 10. The minimum Gasteiger partial charge on any atom is -0.478 e. The second-order valence-electron chi connectivity index (χ2n) is 12.2. The summed E-state index contributed by atoms with van der Waals surface area (Å²) in [7, 11) is 0. The van der Waals surface area contributed by atoms with Crippen molar-refractivity contribution >= 4 is 5.97 Å². The highest BCUT2D eigenvalue weighted by atomic mass is 16.5. The van der Waals surface area contributed by atoms with Crippen molar-refractivity contribution in [2.75, 3.05) is 0 Å². The fourth-order valence-electron chi connectivity index (χ4n) is 5.45. The first kappa shape index (κ1) is 30.6. The van der Waals surface area contributed by atoms with Crippen LogP contribution in [0, 0.1) is 27.7 Å². The standard InChI is InChI=1S/C40H40O4/c1-26-8-17-37(23-28(26)3)43-35-19-13-33(14-20-35)40(5,6)34-15-21-36(22-16-34)44-38-18-12-30(29(4)24-38)10-11-31-25-32(39(41)42)9-7-27(31)2/h7-9,12-25H,10-11H2,1-6H3,(H,41,42). The van der Waals surface area contributed by atoms with Gasteiger partial charge in [0.25, 0.3) is 0 Å². The molecule has 0 aliphatic rings. The summed E-state index contributed by atoms with van der Waals surface area (Å²) in [5, 5.41) is 9.33. The van der Waals surface area contributed by atoms with Gasteiger partial charge < -0.3 is 14.6 Å². The molecule has 4 nitrogen and oxygen atoms in total. The van der Waals surface area contributed by atoms with Gasteiger partial charge in [0, 0.05) is 5.41 Å². The van der Waals surface area contributed by atoms with Crippen molar-refractivity contribution < 1.29 is 19.4 Å². The third-order valence-corrected chi connectivity index (χ3v) is 8.68. The molecule has 44 heavy (non-hydrogen) atoms. The van der Waals surface area contributed by atoms with Gasteiger partial charge in [0.2, 0.25) is 0 Å². The van der Waals surface area contributed by atoms with Gasteiger partial charge >= 0.3 is 5.97 Å². The minimum atomic E-state index is -0.895. The second kappa shape index (κ2) is 12.8. The average molecular weight is 585 g/mol. The highest BCUT2D eigenvalue weighted by Crippen LogP contribution is 2.35. The zero-order valence-electron chi connectivity index (χ0n) is 26.4. The van der Waals surface area contributed by atoms with Gasteiger partial charge in [-0.3, -0.25) is 0 Å². The molecule has 0 spiro atoms. The van der Waals surface area contributed by atoms with Crippen molar-refractivity contribution in [1.82, 2.24) is 0 Å². The van der Waals surface area contributed by atoms with Crippen LogP contribution < -0.4 is 9.47 Å². The Hall–Kier alpha value is -4.83. The fourth-order valence-corrected chi connectivity index (χ4v) is 5.45. The van der Waals surface area contributed by atoms with E-state index in [2.05, 4.69) is 83.1 Å². The molecule has 0 saturated carbocycles. The smallest absolute Gasteiger partial charge is 0.335 e. The van der Waals surface area contributed by atoms with E-state index in [1.54, 1.807) is 12.1 Å². The number of aryl methyl sites for hydroxylation is 6. The molecule has 0 aliphatic heterocycles. The maximum atomic E-state index is 11.4. The first-order chi connectivity index (χ1) is 21.0. The second-order valence-corrected chi connectivity index (χ2v) is 12.2. The first-order valence-corrected chi connectivity index (χ1v) is 15.1. The number of carboxylic acids is 1. The summed E-state index contributed by atoms with van der Waals surface area (Å²) < 4.78 is 12.3. The topological polar surface area (TPSA) is 55.8 Å². The molecular formula is C40H40O4. The van der Waals surface area contributed by atoms with Crippen LogP contribution in [-0.4, -0.2) is 11.1 Å². The molecule has 5 rings (SSSR count). The zero-order valence-corrected chi connectivity index (χ0v) is 26.4. The Morgan fingerprint density at radius 2 is 1.02 bits per heavy atom. The van der Waals surface area contributed by atoms with Gasteiger partial charge in [0.15, 0.2) is 0 Å². The van der Waals surface area contributed by atoms with Gasteiger partial charge in [-0.1, -0.05) is 56.3 Å². The van der Waals surface area contributed by atoms with Crippen molar-refractivity contribution in [3.63, 3.8) is 0 Å². The van der Waals surface area contributed by atoms with Crippen molar-refractivity contribution in [3.05, 3.63) is 153 Å². The molecule has 0 amide bonds. The van der Waals surface area contributed by atoms with Crippen LogP contribution in [0.5, 0.6) is 23.0 Å². The number of carbonyl (C=O) groups is 1. The number of carboxylic acid groups (broad SMARTS) is 1. The molecule has 0 unspecified atom stereocenters. The molecule has 0 aliphatic carbocycles. The third kappa shape index (κ3) is 7.03. The quantitative estimate of drug-likeness (QED) is 0.177. The highest BCUT2D eigenvalue weighted by molar-refractivity contribution is 5.87. The predicted octanol–water partition coefficient (Wildman–Crippen LogP) is 10.3. The monoisotopic (exact) mass is 584 g/mol. The van der Waals surface area contributed by atoms with Gasteiger partial charge in [-0.05, 0) is 146 Å². The van der Waals surface area contributed by atoms with Crippen LogP contribution in [-0.2, 0) is 18.3 Å². The summed E-state index contributed by atoms with van der Waals surface area (Å²) in [6.45, 7) is 12.8. The molecule has 4 heteroatoms. The van der Waals surface area contributed by atoms with Crippen molar-refractivity contribution in [2.24, 2.45) is 0 Å². The van der Waals surface area contributed by atoms with E-state index in [1.807, 2.05) is 49.4 Å². The molecule has 5 aromatic rings. The number of benzene rings is 5. The fraction of sp³-hybridized carbons (Fsp3) is 0.225. The Kier molecular flexibility index (Phi) is 8.91. The zero-order chi connectivity index (χ0) is 31.4. The summed E-state index contributed by atoms with van der Waals surface area (Å²) in [4.78, 5) is 11.4. The normalized spacial score (nSPS) is 11.3. The van der Waals surface area contributed by atoms with Gasteiger partial charge in [-0.2, -0.15) is 0 Å². The minimum absolute atomic E-state index is 0.196. The number of hydrogen-bond acceptors (Lipinski definition) is 3. The van der Waals surface area contributed by atoms with Crippen LogP contribution in [0.15, 0.2) is 103 Å². The summed E-state index contributed by atoms with van der Waals surface area (Å²) in [5.74, 6) is 2.35. The van der Waals surface area contributed by atoms with E-state index >= 15 is 0 Å². The lowest BCUT2D eigenvalue weighted by molar-refractivity contribution is 0.0696. The van der Waals surface area contributed by atoms with Gasteiger partial charge in [0.05, 0.1) is 5.56 Å². The molecule has 5 aromatic carbocycles. The van der Waals surface area contributed by atoms with Crippen LogP contribution in [0.2, 0.25) is 0 Å². The van der Waals surface area contributed by atoms with Crippen molar-refractivity contribution in [1.29, 1.82) is 0 Å². The lowest BCUT2D eigenvalue weighted by atomic mass is 9.78. The van der Waals surface area contributed by atoms with Gasteiger partial charge in [-0.15, -0.1) is 0 Å². The number of hydrogen-bond donors (Lipinski definition) is 1. The van der Waals surface area contributed by atoms with E-state index in [9.17, 15) is 9.90 Å².